The minimum Gasteiger partial charge on any atom is -0.495 e. The van der Waals surface area contributed by atoms with E-state index in [-0.39, 0.29) is 5.91 Å². The van der Waals surface area contributed by atoms with Crippen LogP contribution < -0.4 is 15.8 Å². The Hall–Kier alpha value is -1.54. The van der Waals surface area contributed by atoms with Crippen LogP contribution in [0.1, 0.15) is 17.4 Å². The summed E-state index contributed by atoms with van der Waals surface area (Å²) in [5.41, 5.74) is 7.07. The third-order valence-electron chi connectivity index (χ3n) is 2.87. The number of carbonyl (C=O) groups is 1. The molecule has 0 radical (unpaired) electrons. The highest BCUT2D eigenvalue weighted by Crippen LogP contribution is 2.34. The Balaban J connectivity index is 2.33. The van der Waals surface area contributed by atoms with Crippen LogP contribution in [0.5, 0.6) is 5.75 Å². The molecule has 1 heterocycles. The van der Waals surface area contributed by atoms with E-state index in [0.717, 1.165) is 8.95 Å². The van der Waals surface area contributed by atoms with Crippen LogP contribution in [0.25, 0.3) is 0 Å². The molecule has 0 saturated carbocycles. The molecule has 0 aliphatic carbocycles. The van der Waals surface area contributed by atoms with E-state index in [9.17, 15) is 4.79 Å². The quantitative estimate of drug-likeness (QED) is 0.799. The average Bonchev–Trinajstić information content (AvgIpc) is 2.82. The summed E-state index contributed by atoms with van der Waals surface area (Å²) in [5.74, 6) is 0.294. The number of hydrogen-bond donors (Lipinski definition) is 2. The fraction of sp³-hybridized carbons (Fsp3) is 0.231. The largest absolute Gasteiger partial charge is 0.495 e. The number of anilines is 2. The standard InChI is InChI=1S/C13H14Br2N4O2/c1-3-19-12(9(16)6-17-19)13(20)18-10-5-11(21-2)8(15)4-7(10)14/h4-6H,3,16H2,1-2H3,(H,18,20). The number of methoxy groups -OCH3 is 1. The maximum absolute atomic E-state index is 12.4. The molecule has 2 aromatic rings. The summed E-state index contributed by atoms with van der Waals surface area (Å²) in [6.07, 6.45) is 1.47. The van der Waals surface area contributed by atoms with E-state index in [0.29, 0.717) is 29.4 Å². The van der Waals surface area contributed by atoms with Crippen LogP contribution in [0.15, 0.2) is 27.3 Å². The molecule has 0 saturated heterocycles. The number of nitrogens with two attached hydrogens (primary N) is 1. The fourth-order valence-electron chi connectivity index (χ4n) is 1.85. The predicted molar refractivity (Wildman–Crippen MR) is 88.7 cm³/mol. The highest BCUT2D eigenvalue weighted by atomic mass is 79.9. The van der Waals surface area contributed by atoms with Crippen LogP contribution in [0, 0.1) is 0 Å². The van der Waals surface area contributed by atoms with Gasteiger partial charge in [-0.05, 0) is 44.8 Å². The van der Waals surface area contributed by atoms with Crippen molar-refractivity contribution in [2.45, 2.75) is 13.5 Å². The number of ether oxygens (including phenoxy) is 1. The van der Waals surface area contributed by atoms with Gasteiger partial charge < -0.3 is 15.8 Å². The lowest BCUT2D eigenvalue weighted by Crippen LogP contribution is -2.19. The third-order valence-corrected chi connectivity index (χ3v) is 4.15. The Morgan fingerprint density at radius 1 is 1.43 bits per heavy atom. The molecule has 0 spiro atoms. The van der Waals surface area contributed by atoms with Crippen LogP contribution in [-0.4, -0.2) is 22.8 Å². The van der Waals surface area contributed by atoms with Crippen molar-refractivity contribution in [1.82, 2.24) is 9.78 Å². The molecular formula is C13H14Br2N4O2. The smallest absolute Gasteiger partial charge is 0.276 e. The predicted octanol–water partition coefficient (Wildman–Crippen LogP) is 3.27. The molecule has 0 atom stereocenters. The Kier molecular flexibility index (Phi) is 4.89. The summed E-state index contributed by atoms with van der Waals surface area (Å²) >= 11 is 6.78. The molecule has 21 heavy (non-hydrogen) atoms. The minimum absolute atomic E-state index is 0.322. The van der Waals surface area contributed by atoms with E-state index in [1.54, 1.807) is 23.9 Å². The Bertz CT molecular complexity index is 685. The Morgan fingerprint density at radius 3 is 2.76 bits per heavy atom. The second-order valence-electron chi connectivity index (χ2n) is 4.19. The molecule has 0 aliphatic heterocycles. The van der Waals surface area contributed by atoms with Gasteiger partial charge in [-0.3, -0.25) is 9.48 Å². The van der Waals surface area contributed by atoms with Crippen LogP contribution in [0.4, 0.5) is 11.4 Å². The van der Waals surface area contributed by atoms with Gasteiger partial charge in [-0.2, -0.15) is 5.10 Å². The molecule has 0 unspecified atom stereocenters. The molecule has 0 fully saturated rings. The maximum atomic E-state index is 12.4. The fourth-order valence-corrected chi connectivity index (χ4v) is 3.11. The van der Waals surface area contributed by atoms with E-state index < -0.39 is 0 Å². The van der Waals surface area contributed by atoms with E-state index in [2.05, 4.69) is 42.3 Å². The number of aromatic nitrogens is 2. The zero-order chi connectivity index (χ0) is 15.6. The molecule has 1 aromatic carbocycles. The van der Waals surface area contributed by atoms with E-state index >= 15 is 0 Å². The maximum Gasteiger partial charge on any atom is 0.276 e. The summed E-state index contributed by atoms with van der Waals surface area (Å²) in [4.78, 5) is 12.4. The number of carbonyl (C=O) groups excluding carboxylic acids is 1. The van der Waals surface area contributed by atoms with Crippen LogP contribution in [0.2, 0.25) is 0 Å². The van der Waals surface area contributed by atoms with Gasteiger partial charge in [0, 0.05) is 17.1 Å². The average molecular weight is 418 g/mol. The molecule has 1 amide bonds. The first kappa shape index (κ1) is 15.8. The first-order valence-corrected chi connectivity index (χ1v) is 7.72. The zero-order valence-corrected chi connectivity index (χ0v) is 14.7. The van der Waals surface area contributed by atoms with Crippen molar-refractivity contribution in [1.29, 1.82) is 0 Å². The highest BCUT2D eigenvalue weighted by molar-refractivity contribution is 9.11. The lowest BCUT2D eigenvalue weighted by Gasteiger charge is -2.12. The number of hydrogen-bond acceptors (Lipinski definition) is 4. The third kappa shape index (κ3) is 3.21. The first-order valence-electron chi connectivity index (χ1n) is 6.13. The monoisotopic (exact) mass is 416 g/mol. The van der Waals surface area contributed by atoms with Crippen LogP contribution in [0.3, 0.4) is 0 Å². The van der Waals surface area contributed by atoms with E-state index in [4.69, 9.17) is 10.5 Å². The molecule has 2 rings (SSSR count). The first-order chi connectivity index (χ1) is 9.97. The molecule has 8 heteroatoms. The SMILES string of the molecule is CCn1ncc(N)c1C(=O)Nc1cc(OC)c(Br)cc1Br. The number of rotatable bonds is 4. The van der Waals surface area contributed by atoms with Gasteiger partial charge in [-0.25, -0.2) is 0 Å². The summed E-state index contributed by atoms with van der Waals surface area (Å²) in [7, 11) is 1.56. The van der Waals surface area contributed by atoms with Crippen molar-refractivity contribution in [2.24, 2.45) is 0 Å². The minimum atomic E-state index is -0.322. The van der Waals surface area contributed by atoms with Gasteiger partial charge >= 0.3 is 0 Å². The Labute approximate surface area is 138 Å². The number of halogens is 2. The summed E-state index contributed by atoms with van der Waals surface area (Å²) in [6, 6.07) is 3.52. The van der Waals surface area contributed by atoms with Crippen molar-refractivity contribution < 1.29 is 9.53 Å². The normalized spacial score (nSPS) is 10.5. The number of nitrogens with one attached hydrogen (secondary N) is 1. The summed E-state index contributed by atoms with van der Waals surface area (Å²) in [6.45, 7) is 2.45. The van der Waals surface area contributed by atoms with Crippen molar-refractivity contribution in [3.05, 3.63) is 33.0 Å². The number of amides is 1. The number of aryl methyl sites for hydroxylation is 1. The summed E-state index contributed by atoms with van der Waals surface area (Å²) in [5, 5.41) is 6.86. The number of benzene rings is 1. The highest BCUT2D eigenvalue weighted by Gasteiger charge is 2.18. The lowest BCUT2D eigenvalue weighted by molar-refractivity contribution is 0.101. The second-order valence-corrected chi connectivity index (χ2v) is 5.89. The molecular weight excluding hydrogens is 404 g/mol. The van der Waals surface area contributed by atoms with Crippen LogP contribution >= 0.6 is 31.9 Å². The Morgan fingerprint density at radius 2 is 2.14 bits per heavy atom. The van der Waals surface area contributed by atoms with Gasteiger partial charge in [-0.15, -0.1) is 0 Å². The molecule has 6 nitrogen and oxygen atoms in total. The van der Waals surface area contributed by atoms with E-state index in [1.165, 1.54) is 6.20 Å². The molecule has 0 bridgehead atoms. The molecule has 3 N–H and O–H groups in total. The molecule has 1 aromatic heterocycles. The molecule has 112 valence electrons. The van der Waals surface area contributed by atoms with Gasteiger partial charge in [0.25, 0.3) is 5.91 Å². The zero-order valence-electron chi connectivity index (χ0n) is 11.5. The number of nitrogen functional groups attached to an aromatic ring is 1. The van der Waals surface area contributed by atoms with Gasteiger partial charge in [0.2, 0.25) is 0 Å². The van der Waals surface area contributed by atoms with Crippen LogP contribution in [-0.2, 0) is 6.54 Å². The summed E-state index contributed by atoms with van der Waals surface area (Å²) < 4.78 is 8.28. The number of nitrogens with zero attached hydrogens (tertiary/aromatic N) is 2. The lowest BCUT2D eigenvalue weighted by atomic mass is 10.2. The second kappa shape index (κ2) is 6.48. The van der Waals surface area contributed by atoms with E-state index in [1.807, 2.05) is 6.92 Å². The van der Waals surface area contributed by atoms with Crippen molar-refractivity contribution in [2.75, 3.05) is 18.2 Å². The topological polar surface area (TPSA) is 82.2 Å². The van der Waals surface area contributed by atoms with Gasteiger partial charge in [-0.1, -0.05) is 0 Å². The molecule has 0 aliphatic rings. The van der Waals surface area contributed by atoms with Crippen molar-refractivity contribution in [3.63, 3.8) is 0 Å². The van der Waals surface area contributed by atoms with Crippen molar-refractivity contribution >= 4 is 49.1 Å². The van der Waals surface area contributed by atoms with Crippen molar-refractivity contribution in [3.8, 4) is 5.75 Å². The van der Waals surface area contributed by atoms with Gasteiger partial charge in [0.15, 0.2) is 0 Å². The van der Waals surface area contributed by atoms with Gasteiger partial charge in [0.05, 0.1) is 29.2 Å². The van der Waals surface area contributed by atoms with Gasteiger partial charge in [0.1, 0.15) is 11.4 Å².